The average molecular weight is 272 g/mol. The third kappa shape index (κ3) is 3.70. The molecule has 0 aliphatic carbocycles. The Hall–Kier alpha value is -1.07. The van der Waals surface area contributed by atoms with E-state index in [9.17, 15) is 13.2 Å². The molecule has 0 bridgehead atoms. The molecular formula is C14H19F3N2. The molecule has 2 rings (SSSR count). The number of benzene rings is 1. The molecule has 0 saturated carbocycles. The summed E-state index contributed by atoms with van der Waals surface area (Å²) >= 11 is 0. The molecule has 0 radical (unpaired) electrons. The minimum atomic E-state index is -4.25. The van der Waals surface area contributed by atoms with E-state index in [1.807, 2.05) is 0 Å². The van der Waals surface area contributed by atoms with Crippen molar-refractivity contribution in [1.82, 2.24) is 10.2 Å². The van der Waals surface area contributed by atoms with Gasteiger partial charge in [-0.1, -0.05) is 12.1 Å². The van der Waals surface area contributed by atoms with Crippen molar-refractivity contribution < 1.29 is 13.2 Å². The molecule has 5 heteroatoms. The molecule has 1 aromatic rings. The van der Waals surface area contributed by atoms with Crippen LogP contribution in [0.4, 0.5) is 13.2 Å². The summed E-state index contributed by atoms with van der Waals surface area (Å²) < 4.78 is 37.4. The molecule has 1 heterocycles. The maximum absolute atomic E-state index is 12.5. The molecule has 0 aromatic heterocycles. The van der Waals surface area contributed by atoms with Gasteiger partial charge in [-0.25, -0.2) is 0 Å². The highest BCUT2D eigenvalue weighted by Crippen LogP contribution is 2.29. The lowest BCUT2D eigenvalue weighted by Gasteiger charge is -2.37. The Kier molecular flexibility index (Phi) is 4.16. The highest BCUT2D eigenvalue weighted by molar-refractivity contribution is 5.24. The maximum atomic E-state index is 12.5. The third-order valence-corrected chi connectivity index (χ3v) is 3.56. The number of hydrogen-bond acceptors (Lipinski definition) is 2. The topological polar surface area (TPSA) is 15.3 Å². The molecule has 1 aliphatic heterocycles. The van der Waals surface area contributed by atoms with Crippen molar-refractivity contribution in [3.63, 3.8) is 0 Å². The Morgan fingerprint density at radius 1 is 1.21 bits per heavy atom. The van der Waals surface area contributed by atoms with Gasteiger partial charge in [0.1, 0.15) is 0 Å². The minimum absolute atomic E-state index is 0.401. The first-order chi connectivity index (χ1) is 8.86. The summed E-state index contributed by atoms with van der Waals surface area (Å²) in [4.78, 5) is 2.30. The van der Waals surface area contributed by atoms with Gasteiger partial charge in [0.15, 0.2) is 0 Å². The molecular weight excluding hydrogens is 253 g/mol. The SMILES string of the molecule is CC1CN(Cc2ccc(C(F)(F)F)cc2)C(C)CN1. The van der Waals surface area contributed by atoms with Crippen LogP contribution in [-0.4, -0.2) is 30.1 Å². The van der Waals surface area contributed by atoms with E-state index in [-0.39, 0.29) is 0 Å². The van der Waals surface area contributed by atoms with Crippen LogP contribution < -0.4 is 5.32 Å². The van der Waals surface area contributed by atoms with Crippen LogP contribution in [0.1, 0.15) is 25.0 Å². The number of nitrogens with zero attached hydrogens (tertiary/aromatic N) is 1. The zero-order valence-electron chi connectivity index (χ0n) is 11.2. The molecule has 2 unspecified atom stereocenters. The fourth-order valence-corrected chi connectivity index (χ4v) is 2.35. The highest BCUT2D eigenvalue weighted by atomic mass is 19.4. The molecule has 2 atom stereocenters. The van der Waals surface area contributed by atoms with Crippen LogP contribution in [0.2, 0.25) is 0 Å². The van der Waals surface area contributed by atoms with Crippen LogP contribution >= 0.6 is 0 Å². The largest absolute Gasteiger partial charge is 0.416 e. The molecule has 0 spiro atoms. The first-order valence-electron chi connectivity index (χ1n) is 6.50. The van der Waals surface area contributed by atoms with E-state index in [0.717, 1.165) is 30.8 Å². The predicted octanol–water partition coefficient (Wildman–Crippen LogP) is 2.89. The second-order valence-corrected chi connectivity index (χ2v) is 5.28. The summed E-state index contributed by atoms with van der Waals surface area (Å²) in [6, 6.07) is 6.28. The van der Waals surface area contributed by atoms with Gasteiger partial charge in [-0.15, -0.1) is 0 Å². The van der Waals surface area contributed by atoms with E-state index >= 15 is 0 Å². The Balaban J connectivity index is 2.03. The molecule has 1 aliphatic rings. The van der Waals surface area contributed by atoms with Gasteiger partial charge in [-0.3, -0.25) is 4.90 Å². The Morgan fingerprint density at radius 3 is 2.42 bits per heavy atom. The van der Waals surface area contributed by atoms with Crippen molar-refractivity contribution in [3.8, 4) is 0 Å². The van der Waals surface area contributed by atoms with E-state index in [1.54, 1.807) is 12.1 Å². The summed E-state index contributed by atoms with van der Waals surface area (Å²) in [7, 11) is 0. The summed E-state index contributed by atoms with van der Waals surface area (Å²) in [6.45, 7) is 6.78. The highest BCUT2D eigenvalue weighted by Gasteiger charge is 2.30. The third-order valence-electron chi connectivity index (χ3n) is 3.56. The molecule has 0 amide bonds. The summed E-state index contributed by atoms with van der Waals surface area (Å²) in [6.07, 6.45) is -4.25. The van der Waals surface area contributed by atoms with E-state index < -0.39 is 11.7 Å². The molecule has 19 heavy (non-hydrogen) atoms. The van der Waals surface area contributed by atoms with Crippen molar-refractivity contribution in [1.29, 1.82) is 0 Å². The van der Waals surface area contributed by atoms with Gasteiger partial charge in [0.2, 0.25) is 0 Å². The second kappa shape index (κ2) is 5.51. The van der Waals surface area contributed by atoms with Crippen LogP contribution in [0.25, 0.3) is 0 Å². The molecule has 1 N–H and O–H groups in total. The smallest absolute Gasteiger partial charge is 0.311 e. The maximum Gasteiger partial charge on any atom is 0.416 e. The standard InChI is InChI=1S/C14H19F3N2/c1-10-8-19(11(2)7-18-10)9-12-3-5-13(6-4-12)14(15,16)17/h3-6,10-11,18H,7-9H2,1-2H3. The quantitative estimate of drug-likeness (QED) is 0.890. The lowest BCUT2D eigenvalue weighted by Crippen LogP contribution is -2.53. The second-order valence-electron chi connectivity index (χ2n) is 5.28. The van der Waals surface area contributed by atoms with Gasteiger partial charge in [0.25, 0.3) is 0 Å². The summed E-state index contributed by atoms with van der Waals surface area (Å²) in [5.41, 5.74) is 0.340. The number of alkyl halides is 3. The van der Waals surface area contributed by atoms with E-state index in [2.05, 4.69) is 24.1 Å². The normalized spacial score (nSPS) is 25.5. The van der Waals surface area contributed by atoms with Crippen molar-refractivity contribution in [2.24, 2.45) is 0 Å². The van der Waals surface area contributed by atoms with Crippen LogP contribution in [0, 0.1) is 0 Å². The van der Waals surface area contributed by atoms with Gasteiger partial charge in [-0.05, 0) is 31.5 Å². The molecule has 1 saturated heterocycles. The van der Waals surface area contributed by atoms with Crippen LogP contribution in [0.3, 0.4) is 0 Å². The first kappa shape index (κ1) is 14.3. The lowest BCUT2D eigenvalue weighted by molar-refractivity contribution is -0.137. The van der Waals surface area contributed by atoms with E-state index in [4.69, 9.17) is 0 Å². The molecule has 1 fully saturated rings. The minimum Gasteiger partial charge on any atom is -0.311 e. The van der Waals surface area contributed by atoms with Crippen molar-refractivity contribution in [2.45, 2.75) is 38.7 Å². The summed E-state index contributed by atoms with van der Waals surface area (Å²) in [5, 5.41) is 3.39. The zero-order valence-corrected chi connectivity index (χ0v) is 11.2. The number of piperazine rings is 1. The van der Waals surface area contributed by atoms with Gasteiger partial charge in [0.05, 0.1) is 5.56 Å². The molecule has 106 valence electrons. The van der Waals surface area contributed by atoms with E-state index in [0.29, 0.717) is 18.6 Å². The number of nitrogens with one attached hydrogen (secondary N) is 1. The van der Waals surface area contributed by atoms with Crippen molar-refractivity contribution in [3.05, 3.63) is 35.4 Å². The lowest BCUT2D eigenvalue weighted by atomic mass is 10.1. The van der Waals surface area contributed by atoms with Crippen molar-refractivity contribution in [2.75, 3.05) is 13.1 Å². The van der Waals surface area contributed by atoms with Crippen LogP contribution in [0.15, 0.2) is 24.3 Å². The monoisotopic (exact) mass is 272 g/mol. The Morgan fingerprint density at radius 2 is 1.84 bits per heavy atom. The average Bonchev–Trinajstić information content (AvgIpc) is 2.33. The van der Waals surface area contributed by atoms with Gasteiger partial charge >= 0.3 is 6.18 Å². The zero-order chi connectivity index (χ0) is 14.0. The van der Waals surface area contributed by atoms with Crippen molar-refractivity contribution >= 4 is 0 Å². The fraction of sp³-hybridized carbons (Fsp3) is 0.571. The Labute approximate surface area is 111 Å². The first-order valence-corrected chi connectivity index (χ1v) is 6.50. The van der Waals surface area contributed by atoms with Crippen LogP contribution in [0.5, 0.6) is 0 Å². The van der Waals surface area contributed by atoms with Crippen LogP contribution in [-0.2, 0) is 12.7 Å². The Bertz CT molecular complexity index is 414. The molecule has 1 aromatic carbocycles. The predicted molar refractivity (Wildman–Crippen MR) is 68.8 cm³/mol. The van der Waals surface area contributed by atoms with E-state index in [1.165, 1.54) is 0 Å². The summed E-state index contributed by atoms with van der Waals surface area (Å²) in [5.74, 6) is 0. The molecule has 2 nitrogen and oxygen atoms in total. The fourth-order valence-electron chi connectivity index (χ4n) is 2.35. The van der Waals surface area contributed by atoms with Gasteiger partial charge in [0, 0.05) is 31.7 Å². The number of hydrogen-bond donors (Lipinski definition) is 1. The number of rotatable bonds is 2. The number of halogens is 3. The van der Waals surface area contributed by atoms with Gasteiger partial charge < -0.3 is 5.32 Å². The van der Waals surface area contributed by atoms with Gasteiger partial charge in [-0.2, -0.15) is 13.2 Å².